The number of aliphatic hydroxyl groups is 1. The van der Waals surface area contributed by atoms with E-state index in [9.17, 15) is 14.7 Å². The fraction of sp³-hybridized carbons (Fsp3) is 0.467. The second kappa shape index (κ2) is 7.05. The summed E-state index contributed by atoms with van der Waals surface area (Å²) >= 11 is 0. The normalized spacial score (nSPS) is 15.0. The molecule has 0 radical (unpaired) electrons. The van der Waals surface area contributed by atoms with Crippen LogP contribution in [0.2, 0.25) is 0 Å². The lowest BCUT2D eigenvalue weighted by molar-refractivity contribution is -0.149. The lowest BCUT2D eigenvalue weighted by Crippen LogP contribution is -2.47. The minimum Gasteiger partial charge on any atom is -0.467 e. The van der Waals surface area contributed by atoms with Crippen molar-refractivity contribution in [1.29, 1.82) is 0 Å². The van der Waals surface area contributed by atoms with Crippen molar-refractivity contribution in [2.75, 3.05) is 7.11 Å². The summed E-state index contributed by atoms with van der Waals surface area (Å²) in [7, 11) is 1.26. The van der Waals surface area contributed by atoms with Gasteiger partial charge in [-0.1, -0.05) is 43.7 Å². The maximum atomic E-state index is 12.1. The van der Waals surface area contributed by atoms with Gasteiger partial charge in [0.05, 0.1) is 7.11 Å². The van der Waals surface area contributed by atoms with Gasteiger partial charge in [-0.3, -0.25) is 4.79 Å². The number of ether oxygens (including phenoxy) is 1. The average molecular weight is 279 g/mol. The van der Waals surface area contributed by atoms with Crippen LogP contribution in [0, 0.1) is 0 Å². The maximum Gasteiger partial charge on any atom is 0.333 e. The number of hydrogen-bond acceptors (Lipinski definition) is 4. The molecule has 20 heavy (non-hydrogen) atoms. The van der Waals surface area contributed by atoms with E-state index in [1.165, 1.54) is 14.0 Å². The molecule has 2 N–H and O–H groups in total. The Morgan fingerprint density at radius 3 is 2.45 bits per heavy atom. The molecule has 5 nitrogen and oxygen atoms in total. The van der Waals surface area contributed by atoms with Gasteiger partial charge in [0, 0.05) is 0 Å². The van der Waals surface area contributed by atoms with Crippen molar-refractivity contribution in [3.8, 4) is 0 Å². The van der Waals surface area contributed by atoms with Crippen LogP contribution in [0.25, 0.3) is 0 Å². The molecule has 0 bridgehead atoms. The summed E-state index contributed by atoms with van der Waals surface area (Å²) in [6.45, 7) is 3.31. The third-order valence-corrected chi connectivity index (χ3v) is 3.07. The van der Waals surface area contributed by atoms with Crippen LogP contribution in [0.15, 0.2) is 30.3 Å². The molecule has 0 saturated heterocycles. The summed E-state index contributed by atoms with van der Waals surface area (Å²) in [6, 6.07) is 7.86. The minimum absolute atomic E-state index is 0.321. The van der Waals surface area contributed by atoms with Crippen molar-refractivity contribution in [3.05, 3.63) is 35.9 Å². The number of benzene rings is 1. The summed E-state index contributed by atoms with van der Waals surface area (Å²) in [5.74, 6) is -1.16. The molecular formula is C15H21NO4. The highest BCUT2D eigenvalue weighted by molar-refractivity contribution is 5.89. The van der Waals surface area contributed by atoms with E-state index in [1.807, 2.05) is 13.0 Å². The van der Waals surface area contributed by atoms with E-state index in [0.29, 0.717) is 18.4 Å². The highest BCUT2D eigenvalue weighted by atomic mass is 16.5. The first-order valence-electron chi connectivity index (χ1n) is 6.58. The van der Waals surface area contributed by atoms with E-state index in [-0.39, 0.29) is 0 Å². The van der Waals surface area contributed by atoms with Crippen molar-refractivity contribution in [2.24, 2.45) is 0 Å². The molecule has 0 spiro atoms. The van der Waals surface area contributed by atoms with Crippen LogP contribution in [0.4, 0.5) is 0 Å². The molecule has 2 atom stereocenters. The summed E-state index contributed by atoms with van der Waals surface area (Å²) in [5, 5.41) is 12.6. The molecule has 1 aromatic rings. The number of hydrogen-bond donors (Lipinski definition) is 2. The van der Waals surface area contributed by atoms with Crippen LogP contribution in [0.5, 0.6) is 0 Å². The molecule has 0 aliphatic rings. The van der Waals surface area contributed by atoms with Crippen LogP contribution in [-0.4, -0.2) is 29.7 Å². The Hall–Kier alpha value is -1.88. The Morgan fingerprint density at radius 1 is 1.35 bits per heavy atom. The highest BCUT2D eigenvalue weighted by Gasteiger charge is 2.33. The van der Waals surface area contributed by atoms with Gasteiger partial charge in [0.15, 0.2) is 6.04 Å². The first kappa shape index (κ1) is 16.2. The third kappa shape index (κ3) is 4.06. The molecule has 110 valence electrons. The quantitative estimate of drug-likeness (QED) is 0.775. The van der Waals surface area contributed by atoms with Gasteiger partial charge in [0.25, 0.3) is 5.91 Å². The third-order valence-electron chi connectivity index (χ3n) is 3.07. The van der Waals surface area contributed by atoms with E-state index in [4.69, 9.17) is 4.74 Å². The number of carbonyl (C=O) groups is 2. The molecule has 1 amide bonds. The number of esters is 1. The molecule has 5 heteroatoms. The van der Waals surface area contributed by atoms with Crippen LogP contribution < -0.4 is 5.32 Å². The van der Waals surface area contributed by atoms with E-state index in [1.54, 1.807) is 24.3 Å². The van der Waals surface area contributed by atoms with Gasteiger partial charge in [-0.05, 0) is 18.9 Å². The molecular weight excluding hydrogens is 258 g/mol. The topological polar surface area (TPSA) is 75.6 Å². The molecule has 1 rings (SSSR count). The zero-order chi connectivity index (χ0) is 15.2. The molecule has 0 saturated carbocycles. The fourth-order valence-electron chi connectivity index (χ4n) is 1.93. The highest BCUT2D eigenvalue weighted by Crippen LogP contribution is 2.18. The second-order valence-corrected chi connectivity index (χ2v) is 4.86. The predicted octanol–water partition coefficient (Wildman–Crippen LogP) is 1.57. The first-order valence-corrected chi connectivity index (χ1v) is 6.58. The van der Waals surface area contributed by atoms with Crippen LogP contribution >= 0.6 is 0 Å². The molecule has 0 fully saturated rings. The number of amides is 1. The minimum atomic E-state index is -1.50. The van der Waals surface area contributed by atoms with Gasteiger partial charge in [0.2, 0.25) is 0 Å². The van der Waals surface area contributed by atoms with Crippen molar-refractivity contribution in [2.45, 2.75) is 38.3 Å². The summed E-state index contributed by atoms with van der Waals surface area (Å²) in [5.41, 5.74) is -0.893. The van der Waals surface area contributed by atoms with Crippen LogP contribution in [0.1, 0.15) is 38.3 Å². The Kier molecular flexibility index (Phi) is 5.70. The maximum absolute atomic E-state index is 12.1. The molecule has 0 aliphatic carbocycles. The Balaban J connectivity index is 2.92. The van der Waals surface area contributed by atoms with Crippen molar-refractivity contribution in [3.63, 3.8) is 0 Å². The predicted molar refractivity (Wildman–Crippen MR) is 74.9 cm³/mol. The van der Waals surface area contributed by atoms with Gasteiger partial charge in [-0.2, -0.15) is 0 Å². The zero-order valence-electron chi connectivity index (χ0n) is 12.1. The van der Waals surface area contributed by atoms with Gasteiger partial charge in [-0.15, -0.1) is 0 Å². The van der Waals surface area contributed by atoms with Gasteiger partial charge in [0.1, 0.15) is 5.60 Å². The lowest BCUT2D eigenvalue weighted by Gasteiger charge is -2.25. The van der Waals surface area contributed by atoms with E-state index in [2.05, 4.69) is 5.32 Å². The largest absolute Gasteiger partial charge is 0.467 e. The zero-order valence-corrected chi connectivity index (χ0v) is 12.1. The van der Waals surface area contributed by atoms with Gasteiger partial charge < -0.3 is 15.2 Å². The summed E-state index contributed by atoms with van der Waals surface area (Å²) < 4.78 is 4.71. The van der Waals surface area contributed by atoms with E-state index >= 15 is 0 Å². The average Bonchev–Trinajstić information content (AvgIpc) is 2.44. The number of rotatable bonds is 6. The number of carbonyl (C=O) groups excluding carboxylic acids is 2. The molecule has 1 aromatic carbocycles. The lowest BCUT2D eigenvalue weighted by atomic mass is 9.98. The molecule has 0 unspecified atom stereocenters. The van der Waals surface area contributed by atoms with Crippen molar-refractivity contribution >= 4 is 11.9 Å². The fourth-order valence-corrected chi connectivity index (χ4v) is 1.93. The SMILES string of the molecule is CCC[C@@](C)(O)C(=O)N[C@H](C(=O)OC)c1ccccc1. The summed E-state index contributed by atoms with van der Waals surface area (Å²) in [4.78, 5) is 23.9. The Labute approximate surface area is 118 Å². The number of methoxy groups -OCH3 is 1. The van der Waals surface area contributed by atoms with Crippen molar-refractivity contribution < 1.29 is 19.4 Å². The van der Waals surface area contributed by atoms with Crippen LogP contribution in [-0.2, 0) is 14.3 Å². The molecule has 0 heterocycles. The monoisotopic (exact) mass is 279 g/mol. The standard InChI is InChI=1S/C15H21NO4/c1-4-10-15(2,19)14(18)16-12(13(17)20-3)11-8-6-5-7-9-11/h5-9,12,19H,4,10H2,1-3H3,(H,16,18)/t12-,15+/m0/s1. The van der Waals surface area contributed by atoms with Gasteiger partial charge in [-0.25, -0.2) is 4.79 Å². The Bertz CT molecular complexity index is 456. The molecule has 0 aromatic heterocycles. The molecule has 0 aliphatic heterocycles. The summed E-state index contributed by atoms with van der Waals surface area (Å²) in [6.07, 6.45) is 0.982. The smallest absolute Gasteiger partial charge is 0.333 e. The van der Waals surface area contributed by atoms with E-state index in [0.717, 1.165) is 0 Å². The van der Waals surface area contributed by atoms with Gasteiger partial charge >= 0.3 is 5.97 Å². The second-order valence-electron chi connectivity index (χ2n) is 4.86. The van der Waals surface area contributed by atoms with E-state index < -0.39 is 23.5 Å². The first-order chi connectivity index (χ1) is 9.42. The van der Waals surface area contributed by atoms with Crippen molar-refractivity contribution in [1.82, 2.24) is 5.32 Å². The van der Waals surface area contributed by atoms with Crippen LogP contribution in [0.3, 0.4) is 0 Å². The Morgan fingerprint density at radius 2 is 1.95 bits per heavy atom. The number of nitrogens with one attached hydrogen (secondary N) is 1.